The van der Waals surface area contributed by atoms with Crippen molar-refractivity contribution in [3.63, 3.8) is 0 Å². The van der Waals surface area contributed by atoms with Crippen LogP contribution in [0.4, 0.5) is 0 Å². The lowest BCUT2D eigenvalue weighted by Crippen LogP contribution is -2.26. The first kappa shape index (κ1) is 15.3. The first-order valence-electron chi connectivity index (χ1n) is 7.84. The van der Waals surface area contributed by atoms with Crippen LogP contribution in [0.15, 0.2) is 36.5 Å². The highest BCUT2D eigenvalue weighted by molar-refractivity contribution is 5.92. The summed E-state index contributed by atoms with van der Waals surface area (Å²) in [6.07, 6.45) is 2.79. The Kier molecular flexibility index (Phi) is 3.94. The van der Waals surface area contributed by atoms with Crippen molar-refractivity contribution < 1.29 is 4.79 Å². The highest BCUT2D eigenvalue weighted by Gasteiger charge is 2.19. The van der Waals surface area contributed by atoms with Gasteiger partial charge in [0.1, 0.15) is 5.69 Å². The maximum Gasteiger partial charge on any atom is 0.271 e. The van der Waals surface area contributed by atoms with E-state index in [0.717, 1.165) is 17.6 Å². The maximum atomic E-state index is 12.2. The number of nitrogens with zero attached hydrogens (tertiary/aromatic N) is 1. The van der Waals surface area contributed by atoms with Crippen LogP contribution in [0.5, 0.6) is 0 Å². The molecule has 0 atom stereocenters. The summed E-state index contributed by atoms with van der Waals surface area (Å²) < 4.78 is 0. The molecule has 0 unspecified atom stereocenters. The SMILES string of the molecule is CC(C)(C)c1cc(C(=O)NCCc2c[nH]c3ccccc23)n[nH]1. The first-order chi connectivity index (χ1) is 10.9. The summed E-state index contributed by atoms with van der Waals surface area (Å²) in [5.41, 5.74) is 3.68. The molecule has 5 heteroatoms. The zero-order valence-corrected chi connectivity index (χ0v) is 13.7. The molecular formula is C18H22N4O. The number of benzene rings is 1. The average Bonchev–Trinajstić information content (AvgIpc) is 3.14. The quantitative estimate of drug-likeness (QED) is 0.692. The number of amides is 1. The predicted molar refractivity (Wildman–Crippen MR) is 91.6 cm³/mol. The van der Waals surface area contributed by atoms with Crippen LogP contribution in [0.25, 0.3) is 10.9 Å². The smallest absolute Gasteiger partial charge is 0.271 e. The summed E-state index contributed by atoms with van der Waals surface area (Å²) in [6, 6.07) is 9.99. The Bertz CT molecular complexity index is 823. The van der Waals surface area contributed by atoms with Gasteiger partial charge in [-0.25, -0.2) is 0 Å². The number of hydrogen-bond acceptors (Lipinski definition) is 2. The van der Waals surface area contributed by atoms with Crippen LogP contribution in [0, 0.1) is 0 Å². The normalized spacial score (nSPS) is 11.8. The molecule has 0 spiro atoms. The molecule has 2 aromatic heterocycles. The molecule has 1 aromatic carbocycles. The molecule has 3 aromatic rings. The standard InChI is InChI=1S/C18H22N4O/c1-18(2,3)16-10-15(21-22-16)17(23)19-9-8-12-11-20-14-7-5-4-6-13(12)14/h4-7,10-11,20H,8-9H2,1-3H3,(H,19,23)(H,21,22). The maximum absolute atomic E-state index is 12.2. The molecule has 2 heterocycles. The third kappa shape index (κ3) is 3.28. The number of hydrogen-bond donors (Lipinski definition) is 3. The Morgan fingerprint density at radius 1 is 1.26 bits per heavy atom. The summed E-state index contributed by atoms with van der Waals surface area (Å²) in [4.78, 5) is 15.4. The van der Waals surface area contributed by atoms with Crippen LogP contribution in [-0.4, -0.2) is 27.6 Å². The Labute approximate surface area is 135 Å². The Morgan fingerprint density at radius 2 is 2.04 bits per heavy atom. The van der Waals surface area contributed by atoms with Crippen LogP contribution in [0.1, 0.15) is 42.5 Å². The Balaban J connectivity index is 1.60. The summed E-state index contributed by atoms with van der Waals surface area (Å²) in [7, 11) is 0. The number of H-pyrrole nitrogens is 2. The van der Waals surface area contributed by atoms with Gasteiger partial charge in [0.25, 0.3) is 5.91 Å². The summed E-state index contributed by atoms with van der Waals surface area (Å²) in [5, 5.41) is 11.2. The lowest BCUT2D eigenvalue weighted by Gasteiger charge is -2.14. The highest BCUT2D eigenvalue weighted by atomic mass is 16.1. The minimum Gasteiger partial charge on any atom is -0.361 e. The monoisotopic (exact) mass is 310 g/mol. The fourth-order valence-corrected chi connectivity index (χ4v) is 2.56. The molecule has 0 aliphatic rings. The van der Waals surface area contributed by atoms with Crippen molar-refractivity contribution in [3.05, 3.63) is 53.5 Å². The number of rotatable bonds is 4. The Morgan fingerprint density at radius 3 is 2.78 bits per heavy atom. The van der Waals surface area contributed by atoms with Gasteiger partial charge < -0.3 is 10.3 Å². The molecule has 0 aliphatic carbocycles. The van der Waals surface area contributed by atoms with E-state index in [4.69, 9.17) is 0 Å². The number of fused-ring (bicyclic) bond motifs is 1. The minimum atomic E-state index is -0.142. The van der Waals surface area contributed by atoms with Crippen LogP contribution in [-0.2, 0) is 11.8 Å². The number of nitrogens with one attached hydrogen (secondary N) is 3. The van der Waals surface area contributed by atoms with Crippen molar-refractivity contribution in [2.24, 2.45) is 0 Å². The van der Waals surface area contributed by atoms with Gasteiger partial charge in [0.05, 0.1) is 0 Å². The molecule has 23 heavy (non-hydrogen) atoms. The van der Waals surface area contributed by atoms with Crippen LogP contribution >= 0.6 is 0 Å². The molecule has 0 aliphatic heterocycles. The van der Waals surface area contributed by atoms with E-state index in [-0.39, 0.29) is 11.3 Å². The Hall–Kier alpha value is -2.56. The number of aromatic amines is 2. The number of aromatic nitrogens is 3. The fraction of sp³-hybridized carbons (Fsp3) is 0.333. The van der Waals surface area contributed by atoms with E-state index in [1.165, 1.54) is 10.9 Å². The zero-order valence-electron chi connectivity index (χ0n) is 13.7. The van der Waals surface area contributed by atoms with Crippen LogP contribution in [0.3, 0.4) is 0 Å². The van der Waals surface area contributed by atoms with Gasteiger partial charge in [-0.2, -0.15) is 5.10 Å². The number of para-hydroxylation sites is 1. The van der Waals surface area contributed by atoms with E-state index in [1.54, 1.807) is 0 Å². The van der Waals surface area contributed by atoms with Crippen LogP contribution in [0.2, 0.25) is 0 Å². The summed E-state index contributed by atoms with van der Waals surface area (Å²) >= 11 is 0. The average molecular weight is 310 g/mol. The largest absolute Gasteiger partial charge is 0.361 e. The van der Waals surface area contributed by atoms with Gasteiger partial charge in [-0.1, -0.05) is 39.0 Å². The van der Waals surface area contributed by atoms with E-state index in [0.29, 0.717) is 12.2 Å². The van der Waals surface area contributed by atoms with Gasteiger partial charge in [-0.05, 0) is 24.1 Å². The van der Waals surface area contributed by atoms with Crippen molar-refractivity contribution in [3.8, 4) is 0 Å². The molecule has 0 saturated carbocycles. The highest BCUT2D eigenvalue weighted by Crippen LogP contribution is 2.20. The number of carbonyl (C=O) groups is 1. The van der Waals surface area contributed by atoms with Gasteiger partial charge in [0, 0.05) is 34.8 Å². The van der Waals surface area contributed by atoms with E-state index in [9.17, 15) is 4.79 Å². The lowest BCUT2D eigenvalue weighted by molar-refractivity contribution is 0.0949. The first-order valence-corrected chi connectivity index (χ1v) is 7.84. The molecule has 0 radical (unpaired) electrons. The molecule has 3 N–H and O–H groups in total. The second kappa shape index (κ2) is 5.91. The number of carbonyl (C=O) groups excluding carboxylic acids is 1. The molecule has 5 nitrogen and oxygen atoms in total. The van der Waals surface area contributed by atoms with E-state index in [2.05, 4.69) is 53.4 Å². The molecule has 3 rings (SSSR count). The molecule has 1 amide bonds. The lowest BCUT2D eigenvalue weighted by atomic mass is 9.92. The molecule has 0 saturated heterocycles. The van der Waals surface area contributed by atoms with Crippen molar-refractivity contribution >= 4 is 16.8 Å². The zero-order chi connectivity index (χ0) is 16.4. The van der Waals surface area contributed by atoms with Gasteiger partial charge in [0.15, 0.2) is 0 Å². The molecule has 0 fully saturated rings. The summed E-state index contributed by atoms with van der Waals surface area (Å²) in [5.74, 6) is -0.142. The van der Waals surface area contributed by atoms with Gasteiger partial charge in [0.2, 0.25) is 0 Å². The van der Waals surface area contributed by atoms with Gasteiger partial charge in [-0.3, -0.25) is 9.89 Å². The molecular weight excluding hydrogens is 288 g/mol. The fourth-order valence-electron chi connectivity index (χ4n) is 2.56. The topological polar surface area (TPSA) is 73.6 Å². The van der Waals surface area contributed by atoms with Crippen molar-refractivity contribution in [2.45, 2.75) is 32.6 Å². The van der Waals surface area contributed by atoms with E-state index in [1.807, 2.05) is 24.4 Å². The van der Waals surface area contributed by atoms with Gasteiger partial charge in [-0.15, -0.1) is 0 Å². The minimum absolute atomic E-state index is 0.0461. The summed E-state index contributed by atoms with van der Waals surface area (Å²) in [6.45, 7) is 6.83. The van der Waals surface area contributed by atoms with Crippen molar-refractivity contribution in [2.75, 3.05) is 6.54 Å². The van der Waals surface area contributed by atoms with Gasteiger partial charge >= 0.3 is 0 Å². The third-order valence-corrected chi connectivity index (χ3v) is 3.97. The van der Waals surface area contributed by atoms with Crippen LogP contribution < -0.4 is 5.32 Å². The molecule has 0 bridgehead atoms. The molecule has 120 valence electrons. The second-order valence-corrected chi connectivity index (χ2v) is 6.78. The van der Waals surface area contributed by atoms with E-state index >= 15 is 0 Å². The van der Waals surface area contributed by atoms with Crippen molar-refractivity contribution in [1.82, 2.24) is 20.5 Å². The third-order valence-electron chi connectivity index (χ3n) is 3.97. The second-order valence-electron chi connectivity index (χ2n) is 6.78. The predicted octanol–water partition coefficient (Wildman–Crippen LogP) is 3.16. The van der Waals surface area contributed by atoms with Crippen molar-refractivity contribution in [1.29, 1.82) is 0 Å². The van der Waals surface area contributed by atoms with E-state index < -0.39 is 0 Å².